The summed E-state index contributed by atoms with van der Waals surface area (Å²) in [5.41, 5.74) is 0.255. The number of hydrogen-bond acceptors (Lipinski definition) is 3. The first-order chi connectivity index (χ1) is 6.07. The topological polar surface area (TPSA) is 61.1 Å². The molecule has 1 rings (SSSR count). The molecule has 0 aliphatic rings. The van der Waals surface area contributed by atoms with Crippen LogP contribution in [0.15, 0.2) is 16.6 Å². The predicted octanol–water partition coefficient (Wildman–Crippen LogP) is 2.23. The van der Waals surface area contributed by atoms with Gasteiger partial charge in [-0.2, -0.15) is 5.26 Å². The maximum atomic E-state index is 11.1. The molecule has 0 spiro atoms. The largest absolute Gasteiger partial charge is 0.506 e. The molecule has 0 saturated heterocycles. The van der Waals surface area contributed by atoms with Crippen LogP contribution in [0, 0.1) is 11.3 Å². The van der Waals surface area contributed by atoms with Crippen molar-refractivity contribution in [2.75, 3.05) is 0 Å². The van der Waals surface area contributed by atoms with E-state index < -0.39 is 0 Å². The fraction of sp³-hybridized carbons (Fsp3) is 0.111. The van der Waals surface area contributed by atoms with Crippen LogP contribution < -0.4 is 0 Å². The van der Waals surface area contributed by atoms with Crippen molar-refractivity contribution in [3.63, 3.8) is 0 Å². The second-order valence-corrected chi connectivity index (χ2v) is 3.34. The van der Waals surface area contributed by atoms with Crippen molar-refractivity contribution in [1.82, 2.24) is 0 Å². The minimum Gasteiger partial charge on any atom is -0.506 e. The van der Waals surface area contributed by atoms with E-state index in [1.807, 2.05) is 6.07 Å². The highest BCUT2D eigenvalue weighted by Crippen LogP contribution is 2.30. The van der Waals surface area contributed by atoms with Gasteiger partial charge in [-0.15, -0.1) is 0 Å². The van der Waals surface area contributed by atoms with E-state index in [4.69, 9.17) is 5.26 Å². The molecule has 0 saturated carbocycles. The Labute approximate surface area is 83.7 Å². The van der Waals surface area contributed by atoms with Gasteiger partial charge in [0.05, 0.1) is 15.6 Å². The average molecular weight is 240 g/mol. The molecule has 0 fully saturated rings. The van der Waals surface area contributed by atoms with E-state index in [1.165, 1.54) is 19.1 Å². The number of ketones is 1. The van der Waals surface area contributed by atoms with E-state index in [0.29, 0.717) is 4.47 Å². The van der Waals surface area contributed by atoms with Gasteiger partial charge in [-0.1, -0.05) is 0 Å². The van der Waals surface area contributed by atoms with Gasteiger partial charge in [-0.3, -0.25) is 4.79 Å². The molecular weight excluding hydrogens is 234 g/mol. The Balaban J connectivity index is 3.53. The summed E-state index contributed by atoms with van der Waals surface area (Å²) in [5.74, 6) is -0.498. The molecule has 0 heterocycles. The van der Waals surface area contributed by atoms with Crippen LogP contribution in [0.4, 0.5) is 0 Å². The zero-order valence-electron chi connectivity index (χ0n) is 6.84. The first-order valence-corrected chi connectivity index (χ1v) is 4.29. The predicted molar refractivity (Wildman–Crippen MR) is 50.5 cm³/mol. The molecule has 3 nitrogen and oxygen atoms in total. The number of halogens is 1. The molecule has 4 heteroatoms. The van der Waals surface area contributed by atoms with Gasteiger partial charge < -0.3 is 5.11 Å². The highest BCUT2D eigenvalue weighted by Gasteiger charge is 2.14. The quantitative estimate of drug-likeness (QED) is 0.765. The third-order valence-electron chi connectivity index (χ3n) is 1.60. The molecule has 1 aromatic carbocycles. The molecule has 0 bridgehead atoms. The van der Waals surface area contributed by atoms with Gasteiger partial charge in [0, 0.05) is 0 Å². The third kappa shape index (κ3) is 1.70. The fourth-order valence-electron chi connectivity index (χ4n) is 1.02. The lowest BCUT2D eigenvalue weighted by Crippen LogP contribution is -1.97. The molecule has 0 unspecified atom stereocenters. The molecule has 13 heavy (non-hydrogen) atoms. The van der Waals surface area contributed by atoms with Gasteiger partial charge in [0.25, 0.3) is 0 Å². The lowest BCUT2D eigenvalue weighted by molar-refractivity contribution is 0.101. The Bertz CT molecular complexity index is 407. The third-order valence-corrected chi connectivity index (χ3v) is 2.24. The normalized spacial score (nSPS) is 9.31. The fourth-order valence-corrected chi connectivity index (χ4v) is 1.35. The summed E-state index contributed by atoms with van der Waals surface area (Å²) in [7, 11) is 0. The molecule has 0 aromatic heterocycles. The van der Waals surface area contributed by atoms with Crippen LogP contribution in [0.3, 0.4) is 0 Å². The summed E-state index contributed by atoms with van der Waals surface area (Å²) in [6.45, 7) is 1.31. The van der Waals surface area contributed by atoms with Crippen molar-refractivity contribution >= 4 is 21.7 Å². The molecule has 0 atom stereocenters. The highest BCUT2D eigenvalue weighted by atomic mass is 79.9. The molecule has 0 radical (unpaired) electrons. The smallest absolute Gasteiger partial charge is 0.164 e. The van der Waals surface area contributed by atoms with Crippen molar-refractivity contribution in [3.05, 3.63) is 27.7 Å². The molecule has 66 valence electrons. The van der Waals surface area contributed by atoms with Crippen LogP contribution in [-0.2, 0) is 0 Å². The number of Topliss-reactive ketones (excluding diaryl/α,β-unsaturated/α-hetero) is 1. The zero-order valence-corrected chi connectivity index (χ0v) is 8.42. The summed E-state index contributed by atoms with van der Waals surface area (Å²) in [6.07, 6.45) is 0. The number of nitriles is 1. The second-order valence-electron chi connectivity index (χ2n) is 2.49. The number of phenolic OH excluding ortho intramolecular Hbond substituents is 1. The number of hydrogen-bond donors (Lipinski definition) is 1. The number of carbonyl (C=O) groups is 1. The van der Waals surface area contributed by atoms with Crippen LogP contribution in [-0.4, -0.2) is 10.9 Å². The Morgan fingerprint density at radius 3 is 2.69 bits per heavy atom. The maximum Gasteiger partial charge on any atom is 0.164 e. The SMILES string of the molecule is CC(=O)c1c(C#N)ccc(Br)c1O. The Kier molecular flexibility index (Phi) is 2.69. The van der Waals surface area contributed by atoms with E-state index >= 15 is 0 Å². The first-order valence-electron chi connectivity index (χ1n) is 3.50. The van der Waals surface area contributed by atoms with Gasteiger partial charge in [0.2, 0.25) is 0 Å². The molecular formula is C9H6BrNO2. The highest BCUT2D eigenvalue weighted by molar-refractivity contribution is 9.10. The van der Waals surface area contributed by atoms with Gasteiger partial charge in [0.1, 0.15) is 11.8 Å². The zero-order chi connectivity index (χ0) is 10.0. The lowest BCUT2D eigenvalue weighted by atomic mass is 10.0. The van der Waals surface area contributed by atoms with Gasteiger partial charge in [-0.05, 0) is 35.0 Å². The van der Waals surface area contributed by atoms with E-state index in [2.05, 4.69) is 15.9 Å². The summed E-state index contributed by atoms with van der Waals surface area (Å²) in [4.78, 5) is 11.1. The number of phenols is 1. The van der Waals surface area contributed by atoms with Crippen molar-refractivity contribution in [2.24, 2.45) is 0 Å². The number of carbonyl (C=O) groups excluding carboxylic acids is 1. The van der Waals surface area contributed by atoms with Crippen LogP contribution in [0.1, 0.15) is 22.8 Å². The number of nitrogens with zero attached hydrogens (tertiary/aromatic N) is 1. The van der Waals surface area contributed by atoms with Gasteiger partial charge >= 0.3 is 0 Å². The molecule has 1 aromatic rings. The minimum atomic E-state index is -0.324. The minimum absolute atomic E-state index is 0.0666. The van der Waals surface area contributed by atoms with Crippen LogP contribution in [0.5, 0.6) is 5.75 Å². The van der Waals surface area contributed by atoms with Gasteiger partial charge in [-0.25, -0.2) is 0 Å². The standard InChI is InChI=1S/C9H6BrNO2/c1-5(12)8-6(4-11)2-3-7(10)9(8)13/h2-3,13H,1H3. The van der Waals surface area contributed by atoms with Crippen LogP contribution >= 0.6 is 15.9 Å². The summed E-state index contributed by atoms with van der Waals surface area (Å²) < 4.78 is 0.414. The number of rotatable bonds is 1. The lowest BCUT2D eigenvalue weighted by Gasteiger charge is -2.03. The van der Waals surface area contributed by atoms with E-state index in [-0.39, 0.29) is 22.7 Å². The molecule has 0 aliphatic carbocycles. The average Bonchev–Trinajstić information content (AvgIpc) is 2.08. The molecule has 1 N–H and O–H groups in total. The summed E-state index contributed by atoms with van der Waals surface area (Å²) in [6, 6.07) is 4.86. The van der Waals surface area contributed by atoms with Crippen LogP contribution in [0.2, 0.25) is 0 Å². The van der Waals surface area contributed by atoms with Crippen molar-refractivity contribution in [2.45, 2.75) is 6.92 Å². The van der Waals surface area contributed by atoms with E-state index in [0.717, 1.165) is 0 Å². The van der Waals surface area contributed by atoms with Crippen molar-refractivity contribution < 1.29 is 9.90 Å². The van der Waals surface area contributed by atoms with E-state index in [1.54, 1.807) is 0 Å². The van der Waals surface area contributed by atoms with Crippen molar-refractivity contribution in [1.29, 1.82) is 5.26 Å². The Morgan fingerprint density at radius 1 is 1.62 bits per heavy atom. The number of benzene rings is 1. The van der Waals surface area contributed by atoms with Crippen molar-refractivity contribution in [3.8, 4) is 11.8 Å². The summed E-state index contributed by atoms with van der Waals surface area (Å²) >= 11 is 3.07. The van der Waals surface area contributed by atoms with Gasteiger partial charge in [0.15, 0.2) is 5.78 Å². The maximum absolute atomic E-state index is 11.1. The monoisotopic (exact) mass is 239 g/mol. The van der Waals surface area contributed by atoms with Crippen LogP contribution in [0.25, 0.3) is 0 Å². The number of aromatic hydroxyl groups is 1. The molecule has 0 aliphatic heterocycles. The molecule has 0 amide bonds. The second kappa shape index (κ2) is 3.58. The van der Waals surface area contributed by atoms with E-state index in [9.17, 15) is 9.90 Å². The Morgan fingerprint density at radius 2 is 2.23 bits per heavy atom. The Hall–Kier alpha value is -1.34. The summed E-state index contributed by atoms with van der Waals surface area (Å²) in [5, 5.41) is 18.1. The first kappa shape index (κ1) is 9.75.